The number of rotatable bonds is 3. The van der Waals surface area contributed by atoms with E-state index in [4.69, 9.17) is 9.47 Å². The Kier molecular flexibility index (Phi) is 4.54. The molecule has 0 amide bonds. The average Bonchev–Trinajstić information content (AvgIpc) is 2.51. The van der Waals surface area contributed by atoms with Gasteiger partial charge in [-0.3, -0.25) is 0 Å². The number of nitrogens with zero attached hydrogens (tertiary/aromatic N) is 1. The maximum atomic E-state index is 12.6. The lowest BCUT2D eigenvalue weighted by Gasteiger charge is -2.42. The van der Waals surface area contributed by atoms with Gasteiger partial charge in [-0.05, 0) is 18.9 Å². The second-order valence-electron chi connectivity index (χ2n) is 6.10. The van der Waals surface area contributed by atoms with Crippen molar-refractivity contribution < 1.29 is 17.9 Å². The largest absolute Gasteiger partial charge is 0.350 e. The molecule has 0 N–H and O–H groups in total. The van der Waals surface area contributed by atoms with Gasteiger partial charge in [0, 0.05) is 25.9 Å². The van der Waals surface area contributed by atoms with Crippen molar-refractivity contribution in [3.8, 4) is 0 Å². The van der Waals surface area contributed by atoms with E-state index in [2.05, 4.69) is 0 Å². The smallest absolute Gasteiger partial charge is 0.218 e. The van der Waals surface area contributed by atoms with Crippen molar-refractivity contribution in [3.63, 3.8) is 0 Å². The minimum absolute atomic E-state index is 0.0575. The lowest BCUT2D eigenvalue weighted by atomic mass is 10.0. The van der Waals surface area contributed by atoms with Gasteiger partial charge in [0.05, 0.1) is 19.0 Å². The highest BCUT2D eigenvalue weighted by molar-refractivity contribution is 7.88. The minimum atomic E-state index is -3.28. The van der Waals surface area contributed by atoms with Gasteiger partial charge >= 0.3 is 0 Å². The fourth-order valence-electron chi connectivity index (χ4n) is 3.00. The molecule has 2 aliphatic rings. The summed E-state index contributed by atoms with van der Waals surface area (Å²) in [5, 5.41) is 0. The standard InChI is InChI=1S/C16H23NO4S/c1-14-3-5-15(6-4-14)13-22(18,19)17-9-7-16(8-10-17)20-11-2-12-21-16/h3-6H,2,7-13H2,1H3. The van der Waals surface area contributed by atoms with E-state index < -0.39 is 15.8 Å². The van der Waals surface area contributed by atoms with Crippen LogP contribution in [0.2, 0.25) is 0 Å². The summed E-state index contributed by atoms with van der Waals surface area (Å²) in [4.78, 5) is 0. The quantitative estimate of drug-likeness (QED) is 0.853. The summed E-state index contributed by atoms with van der Waals surface area (Å²) in [5.41, 5.74) is 1.96. The van der Waals surface area contributed by atoms with E-state index in [0.717, 1.165) is 17.5 Å². The van der Waals surface area contributed by atoms with Gasteiger partial charge in [-0.1, -0.05) is 29.8 Å². The third-order valence-corrected chi connectivity index (χ3v) is 6.22. The lowest BCUT2D eigenvalue weighted by Crippen LogP contribution is -2.51. The maximum Gasteiger partial charge on any atom is 0.218 e. The molecule has 0 saturated carbocycles. The van der Waals surface area contributed by atoms with Gasteiger partial charge in [0.2, 0.25) is 10.0 Å². The van der Waals surface area contributed by atoms with Crippen LogP contribution in [0.15, 0.2) is 24.3 Å². The van der Waals surface area contributed by atoms with Crippen LogP contribution in [-0.2, 0) is 25.2 Å². The Bertz CT molecular complexity index is 596. The van der Waals surface area contributed by atoms with Gasteiger partial charge in [-0.25, -0.2) is 12.7 Å². The summed E-state index contributed by atoms with van der Waals surface area (Å²) in [5.74, 6) is -0.490. The SMILES string of the molecule is Cc1ccc(CS(=O)(=O)N2CCC3(CC2)OCCCO3)cc1. The summed E-state index contributed by atoms with van der Waals surface area (Å²) < 4.78 is 38.2. The third-order valence-electron chi connectivity index (χ3n) is 4.37. The Morgan fingerprint density at radius 2 is 1.68 bits per heavy atom. The second kappa shape index (κ2) is 6.28. The van der Waals surface area contributed by atoms with Crippen molar-refractivity contribution in [1.82, 2.24) is 4.31 Å². The van der Waals surface area contributed by atoms with E-state index in [1.807, 2.05) is 31.2 Å². The lowest BCUT2D eigenvalue weighted by molar-refractivity contribution is -0.280. The van der Waals surface area contributed by atoms with Crippen LogP contribution < -0.4 is 0 Å². The first-order valence-electron chi connectivity index (χ1n) is 7.80. The van der Waals surface area contributed by atoms with Gasteiger partial charge < -0.3 is 9.47 Å². The average molecular weight is 325 g/mol. The predicted octanol–water partition coefficient (Wildman–Crippen LogP) is 2.05. The monoisotopic (exact) mass is 325 g/mol. The van der Waals surface area contributed by atoms with Crippen LogP contribution in [0.5, 0.6) is 0 Å². The molecule has 0 aromatic heterocycles. The molecule has 0 aliphatic carbocycles. The highest BCUT2D eigenvalue weighted by atomic mass is 32.2. The van der Waals surface area contributed by atoms with Crippen LogP contribution in [0.25, 0.3) is 0 Å². The molecule has 122 valence electrons. The van der Waals surface area contributed by atoms with E-state index in [-0.39, 0.29) is 5.75 Å². The van der Waals surface area contributed by atoms with Crippen molar-refractivity contribution in [1.29, 1.82) is 0 Å². The van der Waals surface area contributed by atoms with E-state index in [9.17, 15) is 8.42 Å². The van der Waals surface area contributed by atoms with Crippen molar-refractivity contribution in [3.05, 3.63) is 35.4 Å². The van der Waals surface area contributed by atoms with Crippen LogP contribution in [0.4, 0.5) is 0 Å². The summed E-state index contributed by atoms with van der Waals surface area (Å²) in [7, 11) is -3.28. The maximum absolute atomic E-state index is 12.6. The van der Waals surface area contributed by atoms with Gasteiger partial charge in [-0.15, -0.1) is 0 Å². The summed E-state index contributed by atoms with van der Waals surface area (Å²) in [6, 6.07) is 7.65. The van der Waals surface area contributed by atoms with Crippen molar-refractivity contribution in [2.45, 2.75) is 37.7 Å². The molecule has 0 bridgehead atoms. The Hall–Kier alpha value is -0.950. The fourth-order valence-corrected chi connectivity index (χ4v) is 4.53. The van der Waals surface area contributed by atoms with Crippen molar-refractivity contribution in [2.24, 2.45) is 0 Å². The molecule has 3 rings (SSSR count). The summed E-state index contributed by atoms with van der Waals surface area (Å²) >= 11 is 0. The van der Waals surface area contributed by atoms with Crippen LogP contribution >= 0.6 is 0 Å². The zero-order chi connectivity index (χ0) is 15.6. The highest BCUT2D eigenvalue weighted by Gasteiger charge is 2.41. The topological polar surface area (TPSA) is 55.8 Å². The molecule has 22 heavy (non-hydrogen) atoms. The molecule has 0 unspecified atom stereocenters. The molecule has 1 aromatic rings. The van der Waals surface area contributed by atoms with Crippen LogP contribution in [-0.4, -0.2) is 44.8 Å². The Labute approximate surface area is 132 Å². The highest BCUT2D eigenvalue weighted by Crippen LogP contribution is 2.32. The van der Waals surface area contributed by atoms with Gasteiger partial charge in [-0.2, -0.15) is 0 Å². The predicted molar refractivity (Wildman–Crippen MR) is 83.9 cm³/mol. The van der Waals surface area contributed by atoms with Crippen molar-refractivity contribution in [2.75, 3.05) is 26.3 Å². The van der Waals surface area contributed by atoms with E-state index in [1.54, 1.807) is 4.31 Å². The second-order valence-corrected chi connectivity index (χ2v) is 8.07. The zero-order valence-corrected chi connectivity index (χ0v) is 13.8. The molecule has 5 nitrogen and oxygen atoms in total. The normalized spacial score (nSPS) is 22.8. The van der Waals surface area contributed by atoms with Crippen LogP contribution in [0.1, 0.15) is 30.4 Å². The minimum Gasteiger partial charge on any atom is -0.350 e. The number of hydrogen-bond acceptors (Lipinski definition) is 4. The molecular formula is C16H23NO4S. The number of sulfonamides is 1. The van der Waals surface area contributed by atoms with E-state index in [0.29, 0.717) is 39.1 Å². The fraction of sp³-hybridized carbons (Fsp3) is 0.625. The molecule has 2 fully saturated rings. The molecule has 1 spiro atoms. The first-order valence-corrected chi connectivity index (χ1v) is 9.41. The van der Waals surface area contributed by atoms with Gasteiger partial charge in [0.15, 0.2) is 5.79 Å². The number of piperidine rings is 1. The number of ether oxygens (including phenoxy) is 2. The summed E-state index contributed by atoms with van der Waals surface area (Å²) in [6.45, 7) is 4.33. The van der Waals surface area contributed by atoms with Gasteiger partial charge in [0.25, 0.3) is 0 Å². The third kappa shape index (κ3) is 3.51. The molecule has 2 saturated heterocycles. The molecule has 0 radical (unpaired) electrons. The van der Waals surface area contributed by atoms with E-state index in [1.165, 1.54) is 0 Å². The molecule has 0 atom stereocenters. The van der Waals surface area contributed by atoms with Gasteiger partial charge in [0.1, 0.15) is 0 Å². The van der Waals surface area contributed by atoms with E-state index >= 15 is 0 Å². The zero-order valence-electron chi connectivity index (χ0n) is 13.0. The first kappa shape index (κ1) is 15.9. The first-order chi connectivity index (χ1) is 10.5. The Morgan fingerprint density at radius 3 is 2.27 bits per heavy atom. The molecular weight excluding hydrogens is 302 g/mol. The van der Waals surface area contributed by atoms with Crippen LogP contribution in [0, 0.1) is 6.92 Å². The molecule has 2 heterocycles. The van der Waals surface area contributed by atoms with Crippen LogP contribution in [0.3, 0.4) is 0 Å². The molecule has 2 aliphatic heterocycles. The summed E-state index contributed by atoms with van der Waals surface area (Å²) in [6.07, 6.45) is 2.14. The number of hydrogen-bond donors (Lipinski definition) is 0. The molecule has 6 heteroatoms. The Morgan fingerprint density at radius 1 is 1.09 bits per heavy atom. The number of benzene rings is 1. The molecule has 1 aromatic carbocycles. The number of aryl methyl sites for hydroxylation is 1. The Balaban J connectivity index is 1.63. The van der Waals surface area contributed by atoms with Crippen molar-refractivity contribution >= 4 is 10.0 Å².